The van der Waals surface area contributed by atoms with Crippen molar-refractivity contribution in [1.82, 2.24) is 19.4 Å². The SMILES string of the molecule is CCc1nnsc1C(=O)N1CCCN(CC2CCCO2)CC1. The summed E-state index contributed by atoms with van der Waals surface area (Å²) in [6.45, 7) is 7.50. The highest BCUT2D eigenvalue weighted by Gasteiger charge is 2.26. The second kappa shape index (κ2) is 7.48. The minimum Gasteiger partial charge on any atom is -0.377 e. The summed E-state index contributed by atoms with van der Waals surface area (Å²) in [5.74, 6) is 0.103. The zero-order chi connectivity index (χ0) is 15.4. The lowest BCUT2D eigenvalue weighted by Gasteiger charge is -2.23. The predicted octanol–water partition coefficient (Wildman–Crippen LogP) is 1.43. The lowest BCUT2D eigenvalue weighted by atomic mass is 10.2. The molecule has 0 spiro atoms. The van der Waals surface area contributed by atoms with Crippen molar-refractivity contribution >= 4 is 17.4 Å². The van der Waals surface area contributed by atoms with E-state index < -0.39 is 0 Å². The van der Waals surface area contributed by atoms with E-state index in [1.807, 2.05) is 11.8 Å². The van der Waals surface area contributed by atoms with Gasteiger partial charge in [0.05, 0.1) is 11.8 Å². The molecule has 2 aliphatic heterocycles. The minimum atomic E-state index is 0.103. The molecule has 1 unspecified atom stereocenters. The van der Waals surface area contributed by atoms with Crippen molar-refractivity contribution < 1.29 is 9.53 Å². The standard InChI is InChI=1S/C15H24N4O2S/c1-2-13-14(22-17-16-13)15(20)19-7-4-6-18(8-9-19)11-12-5-3-10-21-12/h12H,2-11H2,1H3. The molecular weight excluding hydrogens is 300 g/mol. The monoisotopic (exact) mass is 324 g/mol. The topological polar surface area (TPSA) is 58.6 Å². The van der Waals surface area contributed by atoms with Crippen molar-refractivity contribution in [2.75, 3.05) is 39.3 Å². The van der Waals surface area contributed by atoms with Crippen LogP contribution >= 0.6 is 11.5 Å². The van der Waals surface area contributed by atoms with E-state index >= 15 is 0 Å². The van der Waals surface area contributed by atoms with Crippen molar-refractivity contribution in [2.45, 2.75) is 38.7 Å². The van der Waals surface area contributed by atoms with Crippen LogP contribution in [0.4, 0.5) is 0 Å². The van der Waals surface area contributed by atoms with E-state index in [1.165, 1.54) is 24.4 Å². The van der Waals surface area contributed by atoms with Crippen LogP contribution in [-0.4, -0.2) is 70.7 Å². The van der Waals surface area contributed by atoms with Crippen LogP contribution in [0.25, 0.3) is 0 Å². The summed E-state index contributed by atoms with van der Waals surface area (Å²) in [5.41, 5.74) is 0.829. The average Bonchev–Trinajstić information content (AvgIpc) is 3.15. The molecule has 1 amide bonds. The maximum Gasteiger partial charge on any atom is 0.267 e. The highest BCUT2D eigenvalue weighted by molar-refractivity contribution is 7.08. The fourth-order valence-corrected chi connectivity index (χ4v) is 3.90. The molecule has 1 atom stereocenters. The van der Waals surface area contributed by atoms with E-state index in [2.05, 4.69) is 14.5 Å². The van der Waals surface area contributed by atoms with Crippen LogP contribution in [0.15, 0.2) is 0 Å². The molecule has 1 aromatic heterocycles. The van der Waals surface area contributed by atoms with Crippen LogP contribution in [0.2, 0.25) is 0 Å². The summed E-state index contributed by atoms with van der Waals surface area (Å²) in [6, 6.07) is 0. The number of hydrogen-bond donors (Lipinski definition) is 0. The third-order valence-corrected chi connectivity index (χ3v) is 5.20. The molecule has 22 heavy (non-hydrogen) atoms. The van der Waals surface area contributed by atoms with Gasteiger partial charge in [-0.3, -0.25) is 9.69 Å². The Labute approximate surface area is 135 Å². The Balaban J connectivity index is 1.56. The molecule has 0 bridgehead atoms. The Bertz CT molecular complexity index is 501. The Morgan fingerprint density at radius 2 is 2.23 bits per heavy atom. The first-order chi connectivity index (χ1) is 10.8. The van der Waals surface area contributed by atoms with Crippen LogP contribution < -0.4 is 0 Å². The van der Waals surface area contributed by atoms with Crippen LogP contribution in [0, 0.1) is 0 Å². The van der Waals surface area contributed by atoms with Gasteiger partial charge in [0.2, 0.25) is 0 Å². The number of carbonyl (C=O) groups excluding carboxylic acids is 1. The lowest BCUT2D eigenvalue weighted by molar-refractivity contribution is 0.0706. The molecule has 0 aliphatic carbocycles. The Kier molecular flexibility index (Phi) is 5.38. The number of ether oxygens (including phenoxy) is 1. The summed E-state index contributed by atoms with van der Waals surface area (Å²) < 4.78 is 9.66. The molecule has 3 rings (SSSR count). The molecule has 0 N–H and O–H groups in total. The number of nitrogens with zero attached hydrogens (tertiary/aromatic N) is 4. The molecule has 1 aromatic rings. The Hall–Kier alpha value is -1.05. The first-order valence-electron chi connectivity index (χ1n) is 8.22. The number of aromatic nitrogens is 2. The van der Waals surface area contributed by atoms with Crippen molar-refractivity contribution in [3.63, 3.8) is 0 Å². The zero-order valence-corrected chi connectivity index (χ0v) is 14.0. The fourth-order valence-electron chi connectivity index (χ4n) is 3.18. The van der Waals surface area contributed by atoms with Crippen molar-refractivity contribution in [3.8, 4) is 0 Å². The normalized spacial score (nSPS) is 23.7. The van der Waals surface area contributed by atoms with E-state index in [-0.39, 0.29) is 5.91 Å². The Morgan fingerprint density at radius 3 is 3.00 bits per heavy atom. The molecule has 6 nitrogen and oxygen atoms in total. The third-order valence-electron chi connectivity index (χ3n) is 4.45. The van der Waals surface area contributed by atoms with Crippen molar-refractivity contribution in [3.05, 3.63) is 10.6 Å². The Morgan fingerprint density at radius 1 is 1.32 bits per heavy atom. The number of rotatable bonds is 4. The zero-order valence-electron chi connectivity index (χ0n) is 13.2. The summed E-state index contributed by atoms with van der Waals surface area (Å²) in [6.07, 6.45) is 4.52. The number of amides is 1. The highest BCUT2D eigenvalue weighted by atomic mass is 32.1. The molecule has 2 aliphatic rings. The second-order valence-electron chi connectivity index (χ2n) is 5.98. The van der Waals surface area contributed by atoms with Gasteiger partial charge in [0.25, 0.3) is 5.91 Å². The van der Waals surface area contributed by atoms with Crippen LogP contribution in [-0.2, 0) is 11.2 Å². The van der Waals surface area contributed by atoms with Crippen molar-refractivity contribution in [2.24, 2.45) is 0 Å². The van der Waals surface area contributed by atoms with Gasteiger partial charge < -0.3 is 9.64 Å². The summed E-state index contributed by atoms with van der Waals surface area (Å²) >= 11 is 1.22. The third kappa shape index (κ3) is 3.64. The number of aryl methyl sites for hydroxylation is 1. The second-order valence-corrected chi connectivity index (χ2v) is 6.74. The predicted molar refractivity (Wildman–Crippen MR) is 85.2 cm³/mol. The maximum atomic E-state index is 12.7. The van der Waals surface area contributed by atoms with Gasteiger partial charge in [0, 0.05) is 32.8 Å². The molecule has 0 saturated carbocycles. The smallest absolute Gasteiger partial charge is 0.267 e. The lowest BCUT2D eigenvalue weighted by Crippen LogP contribution is -2.37. The van der Waals surface area contributed by atoms with E-state index in [1.54, 1.807) is 0 Å². The molecule has 7 heteroatoms. The van der Waals surface area contributed by atoms with Gasteiger partial charge in [-0.15, -0.1) is 5.10 Å². The van der Waals surface area contributed by atoms with Crippen LogP contribution in [0.1, 0.15) is 41.6 Å². The van der Waals surface area contributed by atoms with Crippen molar-refractivity contribution in [1.29, 1.82) is 0 Å². The first kappa shape index (κ1) is 15.8. The average molecular weight is 324 g/mol. The largest absolute Gasteiger partial charge is 0.377 e. The quantitative estimate of drug-likeness (QED) is 0.838. The van der Waals surface area contributed by atoms with Crippen LogP contribution in [0.5, 0.6) is 0 Å². The molecule has 0 aromatic carbocycles. The van der Waals surface area contributed by atoms with E-state index in [4.69, 9.17) is 4.74 Å². The summed E-state index contributed by atoms with van der Waals surface area (Å²) in [5, 5.41) is 4.05. The summed E-state index contributed by atoms with van der Waals surface area (Å²) in [7, 11) is 0. The van der Waals surface area contributed by atoms with Gasteiger partial charge >= 0.3 is 0 Å². The van der Waals surface area contributed by atoms with Gasteiger partial charge in [0.1, 0.15) is 4.88 Å². The number of hydrogen-bond acceptors (Lipinski definition) is 6. The van der Waals surface area contributed by atoms with Crippen LogP contribution in [0.3, 0.4) is 0 Å². The van der Waals surface area contributed by atoms with Gasteiger partial charge in [-0.2, -0.15) is 0 Å². The van der Waals surface area contributed by atoms with Gasteiger partial charge in [-0.05, 0) is 43.8 Å². The van der Waals surface area contributed by atoms with E-state index in [0.717, 1.165) is 62.7 Å². The first-order valence-corrected chi connectivity index (χ1v) is 8.99. The molecular formula is C15H24N4O2S. The van der Waals surface area contributed by atoms with E-state index in [9.17, 15) is 4.79 Å². The highest BCUT2D eigenvalue weighted by Crippen LogP contribution is 2.17. The maximum absolute atomic E-state index is 12.7. The van der Waals surface area contributed by atoms with Gasteiger partial charge in [0.15, 0.2) is 0 Å². The van der Waals surface area contributed by atoms with E-state index in [0.29, 0.717) is 6.10 Å². The fraction of sp³-hybridized carbons (Fsp3) is 0.800. The molecule has 3 heterocycles. The van der Waals surface area contributed by atoms with Gasteiger partial charge in [-0.25, -0.2) is 0 Å². The minimum absolute atomic E-state index is 0.103. The molecule has 2 saturated heterocycles. The van der Waals surface area contributed by atoms with Gasteiger partial charge in [-0.1, -0.05) is 11.4 Å². The number of carbonyl (C=O) groups is 1. The molecule has 2 fully saturated rings. The molecule has 0 radical (unpaired) electrons. The summed E-state index contributed by atoms with van der Waals surface area (Å²) in [4.78, 5) is 17.8. The molecule has 122 valence electrons.